The predicted molar refractivity (Wildman–Crippen MR) is 69.1 cm³/mol. The summed E-state index contributed by atoms with van der Waals surface area (Å²) in [5, 5.41) is 11.8. The lowest BCUT2D eigenvalue weighted by molar-refractivity contribution is 0.690. The summed E-state index contributed by atoms with van der Waals surface area (Å²) in [4.78, 5) is 1.25. The quantitative estimate of drug-likeness (QED) is 0.890. The second-order valence-electron chi connectivity index (χ2n) is 3.61. The standard InChI is InChI=1S/C11H15N3S2/c1-3-4-9-11(16-14-13-9)10(12-2)8-5-6-15-7-8/h5-7,10,12H,3-4H2,1-2H3. The number of aromatic nitrogens is 2. The van der Waals surface area contributed by atoms with Crippen molar-refractivity contribution in [1.82, 2.24) is 14.9 Å². The lowest BCUT2D eigenvalue weighted by Gasteiger charge is -2.13. The molecule has 2 aromatic rings. The molecule has 0 fully saturated rings. The first-order valence-corrected chi connectivity index (χ1v) is 7.09. The van der Waals surface area contributed by atoms with Gasteiger partial charge in [0.05, 0.1) is 16.6 Å². The fourth-order valence-corrected chi connectivity index (χ4v) is 3.25. The van der Waals surface area contributed by atoms with E-state index in [-0.39, 0.29) is 6.04 Å². The highest BCUT2D eigenvalue weighted by Crippen LogP contribution is 2.28. The second kappa shape index (κ2) is 5.52. The molecule has 0 aromatic carbocycles. The van der Waals surface area contributed by atoms with E-state index in [1.165, 1.54) is 22.0 Å². The summed E-state index contributed by atoms with van der Waals surface area (Å²) in [6.07, 6.45) is 2.12. The number of thiophene rings is 1. The third kappa shape index (κ3) is 2.31. The average molecular weight is 253 g/mol. The van der Waals surface area contributed by atoms with Crippen LogP contribution in [0.25, 0.3) is 0 Å². The molecule has 0 radical (unpaired) electrons. The predicted octanol–water partition coefficient (Wildman–Crippen LogP) is 2.86. The largest absolute Gasteiger partial charge is 0.309 e. The number of nitrogens with zero attached hydrogens (tertiary/aromatic N) is 2. The van der Waals surface area contributed by atoms with Crippen LogP contribution >= 0.6 is 22.9 Å². The topological polar surface area (TPSA) is 37.8 Å². The van der Waals surface area contributed by atoms with Gasteiger partial charge in [-0.25, -0.2) is 0 Å². The van der Waals surface area contributed by atoms with Gasteiger partial charge in [-0.05, 0) is 47.4 Å². The summed E-state index contributed by atoms with van der Waals surface area (Å²) in [6.45, 7) is 2.17. The minimum Gasteiger partial charge on any atom is -0.309 e. The van der Waals surface area contributed by atoms with Crippen molar-refractivity contribution in [2.24, 2.45) is 0 Å². The van der Waals surface area contributed by atoms with Gasteiger partial charge in [0, 0.05) is 0 Å². The first-order chi connectivity index (χ1) is 7.86. The van der Waals surface area contributed by atoms with E-state index in [2.05, 4.69) is 38.7 Å². The Kier molecular flexibility index (Phi) is 4.04. The SMILES string of the molecule is CCCc1nnsc1C(NC)c1ccsc1. The van der Waals surface area contributed by atoms with Crippen molar-refractivity contribution in [3.63, 3.8) is 0 Å². The summed E-state index contributed by atoms with van der Waals surface area (Å²) >= 11 is 3.23. The van der Waals surface area contributed by atoms with E-state index >= 15 is 0 Å². The first-order valence-electron chi connectivity index (χ1n) is 5.37. The highest BCUT2D eigenvalue weighted by atomic mass is 32.1. The summed E-state index contributed by atoms with van der Waals surface area (Å²) in [5.41, 5.74) is 2.44. The van der Waals surface area contributed by atoms with Crippen LogP contribution in [-0.2, 0) is 6.42 Å². The fraction of sp³-hybridized carbons (Fsp3) is 0.455. The molecule has 0 aliphatic rings. The van der Waals surface area contributed by atoms with Crippen LogP contribution in [-0.4, -0.2) is 16.6 Å². The van der Waals surface area contributed by atoms with Gasteiger partial charge in [-0.2, -0.15) is 11.3 Å². The van der Waals surface area contributed by atoms with Crippen LogP contribution in [0.5, 0.6) is 0 Å². The van der Waals surface area contributed by atoms with E-state index in [1.54, 1.807) is 11.3 Å². The van der Waals surface area contributed by atoms with Crippen LogP contribution in [0, 0.1) is 0 Å². The maximum Gasteiger partial charge on any atom is 0.0807 e. The van der Waals surface area contributed by atoms with Gasteiger partial charge in [-0.15, -0.1) is 5.10 Å². The molecule has 0 bridgehead atoms. The summed E-state index contributed by atoms with van der Waals surface area (Å²) in [5.74, 6) is 0. The van der Waals surface area contributed by atoms with Gasteiger partial charge < -0.3 is 5.32 Å². The third-order valence-electron chi connectivity index (χ3n) is 2.50. The van der Waals surface area contributed by atoms with Crippen molar-refractivity contribution in [3.05, 3.63) is 33.0 Å². The molecular formula is C11H15N3S2. The Morgan fingerprint density at radius 3 is 3.00 bits per heavy atom. The molecule has 0 saturated heterocycles. The molecule has 5 heteroatoms. The van der Waals surface area contributed by atoms with Gasteiger partial charge in [-0.3, -0.25) is 0 Å². The molecule has 2 aromatic heterocycles. The molecule has 2 heterocycles. The van der Waals surface area contributed by atoms with Crippen molar-refractivity contribution < 1.29 is 0 Å². The fourth-order valence-electron chi connectivity index (χ4n) is 1.73. The van der Waals surface area contributed by atoms with Crippen LogP contribution in [0.2, 0.25) is 0 Å². The van der Waals surface area contributed by atoms with E-state index in [0.29, 0.717) is 0 Å². The Bertz CT molecular complexity index is 422. The van der Waals surface area contributed by atoms with E-state index in [9.17, 15) is 0 Å². The number of nitrogens with one attached hydrogen (secondary N) is 1. The molecule has 0 saturated carbocycles. The Balaban J connectivity index is 2.30. The van der Waals surface area contributed by atoms with Crippen molar-refractivity contribution in [1.29, 1.82) is 0 Å². The molecule has 1 unspecified atom stereocenters. The van der Waals surface area contributed by atoms with Gasteiger partial charge in [0.2, 0.25) is 0 Å². The van der Waals surface area contributed by atoms with Gasteiger partial charge in [0.25, 0.3) is 0 Å². The Morgan fingerprint density at radius 2 is 2.38 bits per heavy atom. The molecular weight excluding hydrogens is 238 g/mol. The normalized spacial score (nSPS) is 12.9. The van der Waals surface area contributed by atoms with Crippen molar-refractivity contribution >= 4 is 22.9 Å². The zero-order valence-corrected chi connectivity index (χ0v) is 11.1. The summed E-state index contributed by atoms with van der Waals surface area (Å²) in [7, 11) is 1.98. The smallest absolute Gasteiger partial charge is 0.0807 e. The molecule has 0 aliphatic carbocycles. The number of aryl methyl sites for hydroxylation is 1. The van der Waals surface area contributed by atoms with Gasteiger partial charge in [0.1, 0.15) is 0 Å². The Hall–Kier alpha value is -0.780. The number of hydrogen-bond acceptors (Lipinski definition) is 5. The number of rotatable bonds is 5. The van der Waals surface area contributed by atoms with Gasteiger partial charge in [-0.1, -0.05) is 17.8 Å². The van der Waals surface area contributed by atoms with Gasteiger partial charge >= 0.3 is 0 Å². The summed E-state index contributed by atoms with van der Waals surface area (Å²) < 4.78 is 4.07. The van der Waals surface area contributed by atoms with Crippen molar-refractivity contribution in [2.45, 2.75) is 25.8 Å². The average Bonchev–Trinajstić information content (AvgIpc) is 2.92. The molecule has 86 valence electrons. The zero-order valence-electron chi connectivity index (χ0n) is 9.43. The highest BCUT2D eigenvalue weighted by molar-refractivity contribution is 7.08. The van der Waals surface area contributed by atoms with Gasteiger partial charge in [0.15, 0.2) is 0 Å². The van der Waals surface area contributed by atoms with Crippen LogP contribution in [0.1, 0.15) is 35.5 Å². The minimum absolute atomic E-state index is 0.243. The zero-order chi connectivity index (χ0) is 11.4. The van der Waals surface area contributed by atoms with Crippen molar-refractivity contribution in [3.8, 4) is 0 Å². The molecule has 1 N–H and O–H groups in total. The van der Waals surface area contributed by atoms with Crippen LogP contribution in [0.4, 0.5) is 0 Å². The molecule has 0 amide bonds. The first kappa shape index (κ1) is 11.7. The van der Waals surface area contributed by atoms with E-state index in [1.807, 2.05) is 7.05 Å². The molecule has 3 nitrogen and oxygen atoms in total. The molecule has 2 rings (SSSR count). The van der Waals surface area contributed by atoms with E-state index < -0.39 is 0 Å². The van der Waals surface area contributed by atoms with E-state index in [0.717, 1.165) is 18.5 Å². The van der Waals surface area contributed by atoms with Crippen LogP contribution < -0.4 is 5.32 Å². The third-order valence-corrected chi connectivity index (χ3v) is 4.03. The Labute approximate surface area is 104 Å². The minimum atomic E-state index is 0.243. The lowest BCUT2D eigenvalue weighted by atomic mass is 10.1. The molecule has 0 aliphatic heterocycles. The van der Waals surface area contributed by atoms with E-state index in [4.69, 9.17) is 0 Å². The molecule has 0 spiro atoms. The van der Waals surface area contributed by atoms with Crippen LogP contribution in [0.3, 0.4) is 0 Å². The second-order valence-corrected chi connectivity index (χ2v) is 5.18. The maximum atomic E-state index is 4.22. The monoisotopic (exact) mass is 253 g/mol. The molecule has 1 atom stereocenters. The maximum absolute atomic E-state index is 4.22. The van der Waals surface area contributed by atoms with Crippen molar-refractivity contribution in [2.75, 3.05) is 7.05 Å². The lowest BCUT2D eigenvalue weighted by Crippen LogP contribution is -2.17. The molecule has 16 heavy (non-hydrogen) atoms. The number of hydrogen-bond donors (Lipinski definition) is 1. The summed E-state index contributed by atoms with van der Waals surface area (Å²) in [6, 6.07) is 2.40. The Morgan fingerprint density at radius 1 is 1.50 bits per heavy atom. The van der Waals surface area contributed by atoms with Crippen LogP contribution in [0.15, 0.2) is 16.8 Å². The highest BCUT2D eigenvalue weighted by Gasteiger charge is 2.19.